The highest BCUT2D eigenvalue weighted by Gasteiger charge is 2.10. The van der Waals surface area contributed by atoms with E-state index in [4.69, 9.17) is 5.73 Å². The predicted octanol–water partition coefficient (Wildman–Crippen LogP) is 1.61. The third-order valence-corrected chi connectivity index (χ3v) is 2.54. The Morgan fingerprint density at radius 2 is 1.94 bits per heavy atom. The van der Waals surface area contributed by atoms with Crippen molar-refractivity contribution in [2.75, 3.05) is 17.6 Å². The quantitative estimate of drug-likeness (QED) is 0.725. The molecule has 17 heavy (non-hydrogen) atoms. The number of nitrogens with zero attached hydrogens (tertiary/aromatic N) is 2. The summed E-state index contributed by atoms with van der Waals surface area (Å²) in [5, 5.41) is 12.8. The van der Waals surface area contributed by atoms with Crippen molar-refractivity contribution in [2.24, 2.45) is 5.92 Å². The summed E-state index contributed by atoms with van der Waals surface area (Å²) in [4.78, 5) is 8.51. The summed E-state index contributed by atoms with van der Waals surface area (Å²) >= 11 is 0. The lowest BCUT2D eigenvalue weighted by atomic mass is 10.1. The van der Waals surface area contributed by atoms with Crippen LogP contribution in [0.5, 0.6) is 0 Å². The Labute approximate surface area is 102 Å². The second-order valence-corrected chi connectivity index (χ2v) is 4.88. The Morgan fingerprint density at radius 3 is 2.47 bits per heavy atom. The molecule has 1 aromatic rings. The van der Waals surface area contributed by atoms with Gasteiger partial charge in [0.2, 0.25) is 0 Å². The van der Waals surface area contributed by atoms with Crippen molar-refractivity contribution < 1.29 is 5.11 Å². The second-order valence-electron chi connectivity index (χ2n) is 4.88. The van der Waals surface area contributed by atoms with Crippen LogP contribution in [-0.4, -0.2) is 27.7 Å². The zero-order chi connectivity index (χ0) is 13.0. The van der Waals surface area contributed by atoms with Crippen molar-refractivity contribution >= 4 is 11.6 Å². The van der Waals surface area contributed by atoms with Crippen LogP contribution in [0.2, 0.25) is 0 Å². The van der Waals surface area contributed by atoms with E-state index in [-0.39, 0.29) is 11.8 Å². The normalized spacial score (nSPS) is 13.1. The van der Waals surface area contributed by atoms with Crippen LogP contribution in [0.25, 0.3) is 0 Å². The van der Waals surface area contributed by atoms with E-state index in [1.54, 1.807) is 6.07 Å². The molecule has 0 aliphatic heterocycles. The average Bonchev–Trinajstić information content (AvgIpc) is 2.24. The standard InChI is InChI=1S/C12H22N4O/c1-7(2)9(17)6-14-11-5-10(13)15-12(16-11)8(3)4/h5,7-9,17H,6H2,1-4H3,(H3,13,14,15,16). The molecular weight excluding hydrogens is 216 g/mol. The molecule has 4 N–H and O–H groups in total. The molecule has 0 amide bonds. The maximum absolute atomic E-state index is 9.70. The van der Waals surface area contributed by atoms with Gasteiger partial charge in [-0.2, -0.15) is 0 Å². The molecule has 0 aliphatic rings. The first-order chi connectivity index (χ1) is 7.90. The van der Waals surface area contributed by atoms with Crippen LogP contribution in [-0.2, 0) is 0 Å². The van der Waals surface area contributed by atoms with Gasteiger partial charge in [-0.05, 0) is 5.92 Å². The number of aromatic nitrogens is 2. The minimum atomic E-state index is -0.395. The molecule has 0 radical (unpaired) electrons. The minimum absolute atomic E-state index is 0.214. The molecule has 0 aromatic carbocycles. The number of rotatable bonds is 5. The largest absolute Gasteiger partial charge is 0.391 e. The number of aliphatic hydroxyl groups excluding tert-OH is 1. The number of nitrogens with two attached hydrogens (primary N) is 1. The van der Waals surface area contributed by atoms with Gasteiger partial charge in [-0.1, -0.05) is 27.7 Å². The first kappa shape index (κ1) is 13.7. The van der Waals surface area contributed by atoms with Gasteiger partial charge >= 0.3 is 0 Å². The number of hydrogen-bond donors (Lipinski definition) is 3. The summed E-state index contributed by atoms with van der Waals surface area (Å²) in [5.74, 6) is 2.28. The lowest BCUT2D eigenvalue weighted by Crippen LogP contribution is -2.25. The molecule has 5 nitrogen and oxygen atoms in total. The van der Waals surface area contributed by atoms with Gasteiger partial charge in [-0.25, -0.2) is 9.97 Å². The topological polar surface area (TPSA) is 84.1 Å². The molecule has 1 unspecified atom stereocenters. The maximum Gasteiger partial charge on any atom is 0.135 e. The summed E-state index contributed by atoms with van der Waals surface area (Å²) in [5.41, 5.74) is 5.71. The van der Waals surface area contributed by atoms with Crippen molar-refractivity contribution in [3.8, 4) is 0 Å². The van der Waals surface area contributed by atoms with Gasteiger partial charge in [-0.3, -0.25) is 0 Å². The Bertz CT molecular complexity index is 366. The van der Waals surface area contributed by atoms with Crippen LogP contribution in [0.4, 0.5) is 11.6 Å². The molecular formula is C12H22N4O. The Hall–Kier alpha value is -1.36. The number of aliphatic hydroxyl groups is 1. The van der Waals surface area contributed by atoms with Gasteiger partial charge in [0.1, 0.15) is 17.5 Å². The van der Waals surface area contributed by atoms with Crippen LogP contribution in [0.1, 0.15) is 39.4 Å². The number of hydrogen-bond acceptors (Lipinski definition) is 5. The first-order valence-corrected chi connectivity index (χ1v) is 5.96. The van der Waals surface area contributed by atoms with Crippen LogP contribution in [0.3, 0.4) is 0 Å². The molecule has 1 aromatic heterocycles. The van der Waals surface area contributed by atoms with E-state index in [9.17, 15) is 5.11 Å². The highest BCUT2D eigenvalue weighted by Crippen LogP contribution is 2.15. The lowest BCUT2D eigenvalue weighted by molar-refractivity contribution is 0.138. The number of nitrogens with one attached hydrogen (secondary N) is 1. The van der Waals surface area contributed by atoms with Crippen molar-refractivity contribution in [1.29, 1.82) is 0 Å². The Balaban J connectivity index is 2.71. The van der Waals surface area contributed by atoms with E-state index < -0.39 is 6.10 Å². The summed E-state index contributed by atoms with van der Waals surface area (Å²) in [6, 6.07) is 1.68. The van der Waals surface area contributed by atoms with E-state index in [0.717, 1.165) is 0 Å². The summed E-state index contributed by atoms with van der Waals surface area (Å²) in [6.45, 7) is 8.44. The zero-order valence-corrected chi connectivity index (χ0v) is 10.9. The molecule has 1 heterocycles. The lowest BCUT2D eigenvalue weighted by Gasteiger charge is -2.16. The van der Waals surface area contributed by atoms with E-state index in [0.29, 0.717) is 24.0 Å². The predicted molar refractivity (Wildman–Crippen MR) is 69.9 cm³/mol. The van der Waals surface area contributed by atoms with Gasteiger partial charge in [0, 0.05) is 18.5 Å². The van der Waals surface area contributed by atoms with Gasteiger partial charge in [0.25, 0.3) is 0 Å². The zero-order valence-electron chi connectivity index (χ0n) is 10.9. The van der Waals surface area contributed by atoms with Crippen LogP contribution >= 0.6 is 0 Å². The van der Waals surface area contributed by atoms with Crippen molar-refractivity contribution in [1.82, 2.24) is 9.97 Å². The van der Waals surface area contributed by atoms with E-state index in [1.807, 2.05) is 27.7 Å². The van der Waals surface area contributed by atoms with Crippen molar-refractivity contribution in [2.45, 2.75) is 39.7 Å². The second kappa shape index (κ2) is 5.82. The summed E-state index contributed by atoms with van der Waals surface area (Å²) < 4.78 is 0. The van der Waals surface area contributed by atoms with Gasteiger partial charge in [0.05, 0.1) is 6.10 Å². The molecule has 0 spiro atoms. The van der Waals surface area contributed by atoms with Crippen molar-refractivity contribution in [3.63, 3.8) is 0 Å². The Morgan fingerprint density at radius 1 is 1.29 bits per heavy atom. The maximum atomic E-state index is 9.70. The smallest absolute Gasteiger partial charge is 0.135 e. The van der Waals surface area contributed by atoms with Crippen LogP contribution < -0.4 is 11.1 Å². The molecule has 0 saturated carbocycles. The van der Waals surface area contributed by atoms with Gasteiger partial charge < -0.3 is 16.2 Å². The summed E-state index contributed by atoms with van der Waals surface area (Å²) in [7, 11) is 0. The van der Waals surface area contributed by atoms with E-state index in [1.165, 1.54) is 0 Å². The number of anilines is 2. The molecule has 5 heteroatoms. The average molecular weight is 238 g/mol. The fourth-order valence-electron chi connectivity index (χ4n) is 1.28. The van der Waals surface area contributed by atoms with Gasteiger partial charge in [0.15, 0.2) is 0 Å². The number of nitrogen functional groups attached to an aromatic ring is 1. The molecule has 0 bridgehead atoms. The monoisotopic (exact) mass is 238 g/mol. The summed E-state index contributed by atoms with van der Waals surface area (Å²) in [6.07, 6.45) is -0.395. The van der Waals surface area contributed by atoms with Crippen LogP contribution in [0, 0.1) is 5.92 Å². The molecule has 96 valence electrons. The molecule has 0 saturated heterocycles. The first-order valence-electron chi connectivity index (χ1n) is 5.96. The molecule has 1 rings (SSSR count). The Kier molecular flexibility index (Phi) is 4.69. The third-order valence-electron chi connectivity index (χ3n) is 2.54. The molecule has 0 aliphatic carbocycles. The van der Waals surface area contributed by atoms with Crippen LogP contribution in [0.15, 0.2) is 6.07 Å². The van der Waals surface area contributed by atoms with Crippen molar-refractivity contribution in [3.05, 3.63) is 11.9 Å². The van der Waals surface area contributed by atoms with E-state index in [2.05, 4.69) is 15.3 Å². The SMILES string of the molecule is CC(C)c1nc(N)cc(NCC(O)C(C)C)n1. The minimum Gasteiger partial charge on any atom is -0.391 e. The fraction of sp³-hybridized carbons (Fsp3) is 0.667. The highest BCUT2D eigenvalue weighted by atomic mass is 16.3. The fourth-order valence-corrected chi connectivity index (χ4v) is 1.28. The van der Waals surface area contributed by atoms with Gasteiger partial charge in [-0.15, -0.1) is 0 Å². The highest BCUT2D eigenvalue weighted by molar-refractivity contribution is 5.45. The third kappa shape index (κ3) is 4.19. The molecule has 1 atom stereocenters. The molecule has 0 fully saturated rings. The van der Waals surface area contributed by atoms with E-state index >= 15 is 0 Å².